The molecule has 0 radical (unpaired) electrons. The quantitative estimate of drug-likeness (QED) is 0.279. The third-order valence-electron chi connectivity index (χ3n) is 7.37. The minimum atomic E-state index is -4.07. The SMILES string of the molecule is CNC(=O)[C@@H]1CCCN1S(=O)(=O)c1ccc(Cl)c(COc2cccc3c(-c4cncn4C)cc(C(C)C)nc23)c1Cl. The maximum Gasteiger partial charge on any atom is 0.245 e. The standard InChI is InChI=1S/C29H31Cl2N5O4S/c1-17(2)22-13-19(24-14-33-16-35(24)4)18-7-5-9-25(28(18)34-22)40-15-20-21(30)10-11-26(27(20)31)41(38,39)36-12-6-8-23(36)29(37)32-3/h5,7,9-11,13-14,16-17,23H,6,8,12,15H2,1-4H3,(H,32,37)/t23-/m0/s1. The predicted molar refractivity (Wildman–Crippen MR) is 160 cm³/mol. The molecule has 12 heteroatoms. The van der Waals surface area contributed by atoms with E-state index in [1.54, 1.807) is 6.33 Å². The fraction of sp³-hybridized carbons (Fsp3) is 0.345. The molecule has 41 heavy (non-hydrogen) atoms. The number of nitrogens with one attached hydrogen (secondary N) is 1. The van der Waals surface area contributed by atoms with Gasteiger partial charge in [-0.25, -0.2) is 18.4 Å². The topological polar surface area (TPSA) is 106 Å². The summed E-state index contributed by atoms with van der Waals surface area (Å²) in [5.41, 5.74) is 3.80. The van der Waals surface area contributed by atoms with Crippen molar-refractivity contribution in [1.82, 2.24) is 24.2 Å². The first-order chi connectivity index (χ1) is 19.5. The van der Waals surface area contributed by atoms with Gasteiger partial charge in [-0.3, -0.25) is 4.79 Å². The lowest BCUT2D eigenvalue weighted by atomic mass is 10.0. The Hall–Kier alpha value is -3.18. The molecule has 216 valence electrons. The number of rotatable bonds is 8. The normalized spacial score (nSPS) is 16.0. The van der Waals surface area contributed by atoms with Crippen LogP contribution in [0.1, 0.15) is 43.9 Å². The van der Waals surface area contributed by atoms with Crippen molar-refractivity contribution in [3.8, 4) is 17.0 Å². The first kappa shape index (κ1) is 29.3. The van der Waals surface area contributed by atoms with Gasteiger partial charge in [0.2, 0.25) is 15.9 Å². The largest absolute Gasteiger partial charge is 0.487 e. The van der Waals surface area contributed by atoms with Crippen LogP contribution in [0.3, 0.4) is 0 Å². The van der Waals surface area contributed by atoms with Crippen molar-refractivity contribution < 1.29 is 17.9 Å². The average Bonchev–Trinajstić information content (AvgIpc) is 3.61. The van der Waals surface area contributed by atoms with Gasteiger partial charge in [0.25, 0.3) is 0 Å². The van der Waals surface area contributed by atoms with Gasteiger partial charge in [-0.1, -0.05) is 49.2 Å². The minimum absolute atomic E-state index is 0.0355. The van der Waals surface area contributed by atoms with E-state index in [0.717, 1.165) is 22.3 Å². The fourth-order valence-electron chi connectivity index (χ4n) is 5.12. The van der Waals surface area contributed by atoms with Crippen molar-refractivity contribution in [3.63, 3.8) is 0 Å². The molecule has 0 bridgehead atoms. The third kappa shape index (κ3) is 5.41. The van der Waals surface area contributed by atoms with Crippen LogP contribution in [0.2, 0.25) is 10.0 Å². The van der Waals surface area contributed by atoms with Crippen molar-refractivity contribution in [2.45, 2.75) is 50.2 Å². The summed E-state index contributed by atoms with van der Waals surface area (Å²) in [7, 11) is -0.648. The Balaban J connectivity index is 1.53. The van der Waals surface area contributed by atoms with E-state index in [9.17, 15) is 13.2 Å². The number of benzene rings is 2. The molecule has 1 atom stereocenters. The molecule has 1 amide bonds. The number of hydrogen-bond acceptors (Lipinski definition) is 6. The van der Waals surface area contributed by atoms with Crippen LogP contribution in [-0.4, -0.2) is 52.8 Å². The highest BCUT2D eigenvalue weighted by Gasteiger charge is 2.40. The fourth-order valence-corrected chi connectivity index (χ4v) is 7.64. The number of hydrogen-bond donors (Lipinski definition) is 1. The Kier molecular flexibility index (Phi) is 8.29. The molecule has 0 spiro atoms. The maximum atomic E-state index is 13.6. The van der Waals surface area contributed by atoms with Crippen molar-refractivity contribution in [2.24, 2.45) is 7.05 Å². The summed E-state index contributed by atoms with van der Waals surface area (Å²) in [6, 6.07) is 9.81. The highest BCUT2D eigenvalue weighted by Crippen LogP contribution is 2.38. The number of para-hydroxylation sites is 1. The zero-order valence-electron chi connectivity index (χ0n) is 23.2. The van der Waals surface area contributed by atoms with Crippen molar-refractivity contribution in [2.75, 3.05) is 13.6 Å². The van der Waals surface area contributed by atoms with Crippen molar-refractivity contribution in [1.29, 1.82) is 0 Å². The van der Waals surface area contributed by atoms with Gasteiger partial charge in [-0.2, -0.15) is 4.31 Å². The number of aryl methyl sites for hydroxylation is 1. The van der Waals surface area contributed by atoms with Gasteiger partial charge in [-0.05, 0) is 43.0 Å². The van der Waals surface area contributed by atoms with E-state index in [0.29, 0.717) is 29.7 Å². The first-order valence-electron chi connectivity index (χ1n) is 13.3. The molecule has 0 saturated carbocycles. The van der Waals surface area contributed by atoms with Gasteiger partial charge < -0.3 is 14.6 Å². The highest BCUT2D eigenvalue weighted by atomic mass is 35.5. The number of aromatic nitrogens is 3. The highest BCUT2D eigenvalue weighted by molar-refractivity contribution is 7.89. The van der Waals surface area contributed by atoms with E-state index in [-0.39, 0.29) is 39.9 Å². The Morgan fingerprint density at radius 1 is 1.22 bits per heavy atom. The van der Waals surface area contributed by atoms with Gasteiger partial charge in [-0.15, -0.1) is 0 Å². The molecule has 4 aromatic rings. The molecule has 0 aliphatic carbocycles. The number of likely N-dealkylation sites (N-methyl/N-ethyl adjacent to an activating group) is 1. The number of nitrogens with zero attached hydrogens (tertiary/aromatic N) is 4. The Morgan fingerprint density at radius 3 is 2.68 bits per heavy atom. The minimum Gasteiger partial charge on any atom is -0.487 e. The van der Waals surface area contributed by atoms with Gasteiger partial charge in [0, 0.05) is 47.9 Å². The van der Waals surface area contributed by atoms with E-state index in [1.807, 2.05) is 36.0 Å². The number of amides is 1. The van der Waals surface area contributed by atoms with Gasteiger partial charge in [0.05, 0.1) is 23.2 Å². The van der Waals surface area contributed by atoms with E-state index < -0.39 is 16.1 Å². The number of ether oxygens (including phenoxy) is 1. The van der Waals surface area contributed by atoms with Crippen LogP contribution in [0.4, 0.5) is 0 Å². The second-order valence-corrected chi connectivity index (χ2v) is 13.0. The summed E-state index contributed by atoms with van der Waals surface area (Å²) in [5.74, 6) is 0.317. The predicted octanol–water partition coefficient (Wildman–Crippen LogP) is 5.54. The molecular formula is C29H31Cl2N5O4S. The van der Waals surface area contributed by atoms with Crippen LogP contribution < -0.4 is 10.1 Å². The Bertz CT molecular complexity index is 1740. The van der Waals surface area contributed by atoms with E-state index in [1.165, 1.54) is 23.5 Å². The molecule has 3 heterocycles. The second-order valence-electron chi connectivity index (χ2n) is 10.3. The monoisotopic (exact) mass is 615 g/mol. The summed E-state index contributed by atoms with van der Waals surface area (Å²) in [6.07, 6.45) is 4.58. The smallest absolute Gasteiger partial charge is 0.245 e. The third-order valence-corrected chi connectivity index (χ3v) is 10.2. The number of imidazole rings is 1. The molecule has 2 aromatic heterocycles. The number of fused-ring (bicyclic) bond motifs is 1. The van der Waals surface area contributed by atoms with Crippen LogP contribution in [-0.2, 0) is 28.5 Å². The Morgan fingerprint density at radius 2 is 2.00 bits per heavy atom. The zero-order chi connectivity index (χ0) is 29.5. The van der Waals surface area contributed by atoms with Gasteiger partial charge >= 0.3 is 0 Å². The molecule has 1 fully saturated rings. The molecule has 1 saturated heterocycles. The van der Waals surface area contributed by atoms with Crippen LogP contribution in [0, 0.1) is 0 Å². The van der Waals surface area contributed by atoms with Crippen LogP contribution in [0.5, 0.6) is 5.75 Å². The van der Waals surface area contributed by atoms with Crippen LogP contribution in [0.25, 0.3) is 22.2 Å². The summed E-state index contributed by atoms with van der Waals surface area (Å²) in [4.78, 5) is 21.4. The lowest BCUT2D eigenvalue weighted by Gasteiger charge is -2.24. The van der Waals surface area contributed by atoms with Crippen molar-refractivity contribution in [3.05, 3.63) is 70.2 Å². The molecule has 9 nitrogen and oxygen atoms in total. The number of carbonyl (C=O) groups excluding carboxylic acids is 1. The summed E-state index contributed by atoms with van der Waals surface area (Å²) in [6.45, 7) is 4.29. The number of halogens is 2. The van der Waals surface area contributed by atoms with E-state index in [4.69, 9.17) is 32.9 Å². The Labute approximate surface area is 249 Å². The summed E-state index contributed by atoms with van der Waals surface area (Å²) < 4.78 is 36.7. The first-order valence-corrected chi connectivity index (χ1v) is 15.5. The lowest BCUT2D eigenvalue weighted by molar-refractivity contribution is -0.123. The van der Waals surface area contributed by atoms with E-state index >= 15 is 0 Å². The number of pyridine rings is 1. The maximum absolute atomic E-state index is 13.6. The molecular weight excluding hydrogens is 585 g/mol. The number of sulfonamides is 1. The molecule has 1 N–H and O–H groups in total. The summed E-state index contributed by atoms with van der Waals surface area (Å²) >= 11 is 13.2. The molecule has 2 aromatic carbocycles. The van der Waals surface area contributed by atoms with Crippen LogP contribution in [0.15, 0.2) is 53.8 Å². The van der Waals surface area contributed by atoms with Gasteiger partial charge in [0.15, 0.2) is 0 Å². The molecule has 1 aliphatic heterocycles. The van der Waals surface area contributed by atoms with Gasteiger partial charge in [0.1, 0.15) is 28.8 Å². The molecule has 1 aliphatic rings. The molecule has 5 rings (SSSR count). The van der Waals surface area contributed by atoms with Crippen LogP contribution >= 0.6 is 23.2 Å². The average molecular weight is 617 g/mol. The second kappa shape index (κ2) is 11.6. The molecule has 0 unspecified atom stereocenters. The van der Waals surface area contributed by atoms with E-state index in [2.05, 4.69) is 30.2 Å². The lowest BCUT2D eigenvalue weighted by Crippen LogP contribution is -2.44. The van der Waals surface area contributed by atoms with Crippen molar-refractivity contribution >= 4 is 50.0 Å². The number of carbonyl (C=O) groups is 1. The summed E-state index contributed by atoms with van der Waals surface area (Å²) in [5, 5.41) is 3.67. The zero-order valence-corrected chi connectivity index (χ0v) is 25.5.